The Morgan fingerprint density at radius 2 is 1.81 bits per heavy atom. The number of piperidine rings is 1. The van der Waals surface area contributed by atoms with Crippen LogP contribution in [-0.4, -0.2) is 69.9 Å². The van der Waals surface area contributed by atoms with Crippen molar-refractivity contribution in [3.05, 3.63) is 75.6 Å². The minimum Gasteiger partial charge on any atom is -0.353 e. The van der Waals surface area contributed by atoms with Crippen molar-refractivity contribution in [1.29, 1.82) is 0 Å². The lowest BCUT2D eigenvalue weighted by Crippen LogP contribution is -2.60. The molecule has 0 unspecified atom stereocenters. The number of hydrogen-bond acceptors (Lipinski definition) is 6. The summed E-state index contributed by atoms with van der Waals surface area (Å²) >= 11 is 0. The monoisotopic (exact) mass is 512 g/mol. The van der Waals surface area contributed by atoms with Crippen LogP contribution in [0.5, 0.6) is 0 Å². The molecule has 2 aromatic carbocycles. The number of nitrogens with one attached hydrogen (secondary N) is 1. The second kappa shape index (κ2) is 10.6. The summed E-state index contributed by atoms with van der Waals surface area (Å²) in [4.78, 5) is 53.4. The Balaban J connectivity index is 1.57. The number of amides is 3. The van der Waals surface area contributed by atoms with Gasteiger partial charge in [0, 0.05) is 55.2 Å². The number of carbonyl (C=O) groups is 3. The summed E-state index contributed by atoms with van der Waals surface area (Å²) in [5.41, 5.74) is -0.877. The average Bonchev–Trinajstić information content (AvgIpc) is 3.27. The second-order valence-electron chi connectivity index (χ2n) is 9.37. The van der Waals surface area contributed by atoms with Crippen LogP contribution < -0.4 is 5.32 Å². The molecule has 0 aromatic heterocycles. The van der Waals surface area contributed by atoms with E-state index in [0.717, 1.165) is 0 Å². The first kappa shape index (κ1) is 26.2. The number of rotatable bonds is 6. The summed E-state index contributed by atoms with van der Waals surface area (Å²) in [7, 11) is 0. The average molecular weight is 513 g/mol. The minimum absolute atomic E-state index is 0.00592. The van der Waals surface area contributed by atoms with Gasteiger partial charge in [0.25, 0.3) is 17.5 Å². The fraction of sp³-hybridized carbons (Fsp3) is 0.423. The lowest BCUT2D eigenvalue weighted by atomic mass is 9.96. The molecular formula is C26H29FN4O6. The summed E-state index contributed by atoms with van der Waals surface area (Å²) in [6, 6.07) is 9.66. The quantitative estimate of drug-likeness (QED) is 0.469. The molecule has 1 spiro atoms. The third kappa shape index (κ3) is 5.31. The number of halogens is 1. The van der Waals surface area contributed by atoms with Crippen molar-refractivity contribution < 1.29 is 28.4 Å². The smallest absolute Gasteiger partial charge is 0.270 e. The molecule has 0 bridgehead atoms. The van der Waals surface area contributed by atoms with Crippen molar-refractivity contribution in [1.82, 2.24) is 15.1 Å². The van der Waals surface area contributed by atoms with Crippen LogP contribution in [0.3, 0.4) is 0 Å². The van der Waals surface area contributed by atoms with Crippen LogP contribution in [0.4, 0.5) is 10.1 Å². The van der Waals surface area contributed by atoms with Crippen LogP contribution in [0, 0.1) is 15.9 Å². The predicted octanol–water partition coefficient (Wildman–Crippen LogP) is 3.12. The van der Waals surface area contributed by atoms with E-state index in [-0.39, 0.29) is 67.2 Å². The Morgan fingerprint density at radius 3 is 2.43 bits per heavy atom. The van der Waals surface area contributed by atoms with E-state index in [2.05, 4.69) is 5.32 Å². The first-order valence-electron chi connectivity index (χ1n) is 12.2. The fourth-order valence-corrected chi connectivity index (χ4v) is 4.73. The van der Waals surface area contributed by atoms with Crippen LogP contribution >= 0.6 is 0 Å². The Bertz CT molecular complexity index is 1200. The molecule has 2 aliphatic rings. The number of benzene rings is 2. The van der Waals surface area contributed by atoms with Crippen LogP contribution in [-0.2, 0) is 9.53 Å². The predicted molar refractivity (Wildman–Crippen MR) is 131 cm³/mol. The van der Waals surface area contributed by atoms with Crippen molar-refractivity contribution in [3.63, 3.8) is 0 Å². The number of hydrogen-bond donors (Lipinski definition) is 1. The Morgan fingerprint density at radius 1 is 1.14 bits per heavy atom. The van der Waals surface area contributed by atoms with E-state index in [4.69, 9.17) is 4.74 Å². The van der Waals surface area contributed by atoms with Gasteiger partial charge in [0.2, 0.25) is 5.91 Å². The standard InChI is InChI=1S/C26H29FN4O6/c1-3-17(2)28-23(32)22-16-37-26(30(22)25(34)18-7-9-20(27)10-8-18)11-13-29(14-12-26)24(33)19-5-4-6-21(15-19)31(35)36/h4-10,15,17,22H,3,11-14,16H2,1-2H3,(H,28,32)/t17-,22-/m0/s1. The highest BCUT2D eigenvalue weighted by Crippen LogP contribution is 2.39. The highest BCUT2D eigenvalue weighted by Gasteiger charge is 2.54. The topological polar surface area (TPSA) is 122 Å². The molecule has 3 amide bonds. The van der Waals surface area contributed by atoms with Crippen molar-refractivity contribution in [2.75, 3.05) is 19.7 Å². The van der Waals surface area contributed by atoms with E-state index in [1.165, 1.54) is 53.4 Å². The summed E-state index contributed by atoms with van der Waals surface area (Å²) in [6.07, 6.45) is 1.20. The van der Waals surface area contributed by atoms with Gasteiger partial charge in [-0.25, -0.2) is 4.39 Å². The molecule has 0 aliphatic carbocycles. The normalized spacial score (nSPS) is 19.5. The largest absolute Gasteiger partial charge is 0.353 e. The molecule has 1 N–H and O–H groups in total. The number of nitro benzene ring substituents is 1. The lowest BCUT2D eigenvalue weighted by Gasteiger charge is -2.44. The number of non-ortho nitro benzene ring substituents is 1. The van der Waals surface area contributed by atoms with Gasteiger partial charge in [0.1, 0.15) is 17.6 Å². The van der Waals surface area contributed by atoms with Gasteiger partial charge in [-0.3, -0.25) is 29.4 Å². The molecule has 2 fully saturated rings. The highest BCUT2D eigenvalue weighted by atomic mass is 19.1. The third-order valence-electron chi connectivity index (χ3n) is 7.01. The molecule has 0 radical (unpaired) electrons. The molecule has 0 saturated carbocycles. The van der Waals surface area contributed by atoms with Crippen molar-refractivity contribution >= 4 is 23.4 Å². The van der Waals surface area contributed by atoms with Crippen LogP contribution in [0.2, 0.25) is 0 Å². The lowest BCUT2D eigenvalue weighted by molar-refractivity contribution is -0.384. The van der Waals surface area contributed by atoms with Crippen molar-refractivity contribution in [3.8, 4) is 0 Å². The Kier molecular flexibility index (Phi) is 7.53. The van der Waals surface area contributed by atoms with Gasteiger partial charge in [-0.1, -0.05) is 13.0 Å². The van der Waals surface area contributed by atoms with Crippen LogP contribution in [0.1, 0.15) is 53.8 Å². The van der Waals surface area contributed by atoms with Crippen LogP contribution in [0.25, 0.3) is 0 Å². The van der Waals surface area contributed by atoms with Crippen molar-refractivity contribution in [2.24, 2.45) is 0 Å². The summed E-state index contributed by atoms with van der Waals surface area (Å²) < 4.78 is 19.6. The molecule has 2 atom stereocenters. The molecule has 196 valence electrons. The number of likely N-dealkylation sites (tertiary alicyclic amines) is 1. The van der Waals surface area contributed by atoms with Gasteiger partial charge in [0.05, 0.1) is 11.5 Å². The summed E-state index contributed by atoms with van der Waals surface area (Å²) in [5.74, 6) is -1.64. The Labute approximate surface area is 213 Å². The number of nitro groups is 1. The molecule has 11 heteroatoms. The fourth-order valence-electron chi connectivity index (χ4n) is 4.73. The number of nitrogens with zero attached hydrogens (tertiary/aromatic N) is 3. The van der Waals surface area contributed by atoms with Gasteiger partial charge < -0.3 is 15.0 Å². The molecular weight excluding hydrogens is 483 g/mol. The maximum atomic E-state index is 13.6. The first-order valence-corrected chi connectivity index (χ1v) is 12.2. The van der Waals surface area contributed by atoms with E-state index in [1.807, 2.05) is 13.8 Å². The molecule has 2 heterocycles. The number of carbonyl (C=O) groups excluding carboxylic acids is 3. The maximum absolute atomic E-state index is 13.6. The molecule has 4 rings (SSSR count). The zero-order chi connectivity index (χ0) is 26.7. The van der Waals surface area contributed by atoms with E-state index in [1.54, 1.807) is 4.90 Å². The van der Waals surface area contributed by atoms with Gasteiger partial charge in [0.15, 0.2) is 0 Å². The SMILES string of the molecule is CC[C@H](C)NC(=O)[C@@H]1COC2(CCN(C(=O)c3cccc([N+](=O)[O-])c3)CC2)N1C(=O)c1ccc(F)cc1. The highest BCUT2D eigenvalue weighted by molar-refractivity contribution is 5.98. The van der Waals surface area contributed by atoms with E-state index in [9.17, 15) is 28.9 Å². The van der Waals surface area contributed by atoms with E-state index in [0.29, 0.717) is 6.42 Å². The molecule has 2 aliphatic heterocycles. The maximum Gasteiger partial charge on any atom is 0.270 e. The Hall–Kier alpha value is -3.86. The van der Waals surface area contributed by atoms with Crippen LogP contribution in [0.15, 0.2) is 48.5 Å². The molecule has 37 heavy (non-hydrogen) atoms. The minimum atomic E-state index is -1.12. The van der Waals surface area contributed by atoms with Gasteiger partial charge >= 0.3 is 0 Å². The van der Waals surface area contributed by atoms with Gasteiger partial charge in [-0.2, -0.15) is 0 Å². The third-order valence-corrected chi connectivity index (χ3v) is 7.01. The zero-order valence-electron chi connectivity index (χ0n) is 20.7. The molecule has 2 saturated heterocycles. The summed E-state index contributed by atoms with van der Waals surface area (Å²) in [6.45, 7) is 4.23. The van der Waals surface area contributed by atoms with Crippen molar-refractivity contribution in [2.45, 2.75) is 50.9 Å². The zero-order valence-corrected chi connectivity index (χ0v) is 20.7. The second-order valence-corrected chi connectivity index (χ2v) is 9.37. The molecule has 2 aromatic rings. The first-order chi connectivity index (χ1) is 17.6. The summed E-state index contributed by atoms with van der Waals surface area (Å²) in [5, 5.41) is 14.0. The number of ether oxygens (including phenoxy) is 1. The molecule has 10 nitrogen and oxygen atoms in total. The van der Waals surface area contributed by atoms with E-state index < -0.39 is 28.4 Å². The van der Waals surface area contributed by atoms with Gasteiger partial charge in [-0.15, -0.1) is 0 Å². The van der Waals surface area contributed by atoms with E-state index >= 15 is 0 Å². The van der Waals surface area contributed by atoms with Gasteiger partial charge in [-0.05, 0) is 43.7 Å².